The summed E-state index contributed by atoms with van der Waals surface area (Å²) in [5.74, 6) is 0. The highest BCUT2D eigenvalue weighted by Crippen LogP contribution is 2.39. The fourth-order valence-corrected chi connectivity index (χ4v) is 3.75. The Kier molecular flexibility index (Phi) is 4.93. The Hall–Kier alpha value is -1.38. The van der Waals surface area contributed by atoms with Gasteiger partial charge in [-0.15, -0.1) is 0 Å². The van der Waals surface area contributed by atoms with E-state index in [1.165, 1.54) is 5.39 Å². The molecule has 0 amide bonds. The van der Waals surface area contributed by atoms with E-state index < -0.39 is 14.2 Å². The van der Waals surface area contributed by atoms with Crippen molar-refractivity contribution >= 4 is 18.8 Å². The van der Waals surface area contributed by atoms with E-state index in [0.29, 0.717) is 5.04 Å². The lowest BCUT2D eigenvalue weighted by Crippen LogP contribution is -2.36. The molecule has 22 heavy (non-hydrogen) atoms. The predicted molar refractivity (Wildman–Crippen MR) is 100 cm³/mol. The Morgan fingerprint density at radius 2 is 1.68 bits per heavy atom. The predicted octanol–water partition coefficient (Wildman–Crippen LogP) is 5.94. The summed E-state index contributed by atoms with van der Waals surface area (Å²) < 4.78 is 0. The number of aliphatic hydroxyl groups is 1. The van der Waals surface area contributed by atoms with Crippen LogP contribution in [0.5, 0.6) is 0 Å². The first-order valence-corrected chi connectivity index (χ1v) is 11.3. The van der Waals surface area contributed by atoms with Crippen LogP contribution in [0.25, 0.3) is 10.8 Å². The molecule has 0 bridgehead atoms. The van der Waals surface area contributed by atoms with E-state index in [1.807, 2.05) is 30.3 Å². The van der Waals surface area contributed by atoms with Crippen LogP contribution in [0.1, 0.15) is 32.4 Å². The smallest absolute Gasteiger partial charge is 0.0977 e. The highest BCUT2D eigenvalue weighted by atomic mass is 28.3. The molecule has 0 aliphatic carbocycles. The van der Waals surface area contributed by atoms with E-state index in [9.17, 15) is 5.11 Å². The van der Waals surface area contributed by atoms with Crippen molar-refractivity contribution in [3.63, 3.8) is 0 Å². The molecule has 0 saturated heterocycles. The van der Waals surface area contributed by atoms with Crippen LogP contribution in [0.4, 0.5) is 0 Å². The van der Waals surface area contributed by atoms with Gasteiger partial charge in [0.2, 0.25) is 0 Å². The van der Waals surface area contributed by atoms with Crippen LogP contribution in [0.2, 0.25) is 24.2 Å². The maximum absolute atomic E-state index is 10.5. The molecule has 2 rings (SSSR count). The zero-order chi connectivity index (χ0) is 16.4. The molecule has 1 nitrogen and oxygen atoms in total. The van der Waals surface area contributed by atoms with E-state index in [4.69, 9.17) is 0 Å². The van der Waals surface area contributed by atoms with E-state index in [1.54, 1.807) is 0 Å². The summed E-state index contributed by atoms with van der Waals surface area (Å²) in [5.41, 5.74) is 0.990. The van der Waals surface area contributed by atoms with Gasteiger partial charge in [-0.3, -0.25) is 0 Å². The second-order valence-corrected chi connectivity index (χ2v) is 13.5. The van der Waals surface area contributed by atoms with Gasteiger partial charge in [0.05, 0.1) is 14.2 Å². The number of hydrogen-bond acceptors (Lipinski definition) is 1. The molecule has 1 atom stereocenters. The topological polar surface area (TPSA) is 20.2 Å². The molecule has 2 aromatic rings. The molecule has 0 aliphatic rings. The molecule has 0 radical (unpaired) electrons. The molecule has 0 aliphatic heterocycles. The van der Waals surface area contributed by atoms with Gasteiger partial charge in [-0.25, -0.2) is 0 Å². The van der Waals surface area contributed by atoms with Gasteiger partial charge in [0.1, 0.15) is 0 Å². The molecule has 0 fully saturated rings. The SMILES string of the molecule is CC(C)(C)[Si](C)(C)C/C=C\C(O)c1cccc2ccccc12. The van der Waals surface area contributed by atoms with Crippen molar-refractivity contribution < 1.29 is 5.11 Å². The Balaban J connectivity index is 2.18. The molecule has 2 heteroatoms. The van der Waals surface area contributed by atoms with Gasteiger partial charge in [0.25, 0.3) is 0 Å². The molecule has 0 aromatic heterocycles. The van der Waals surface area contributed by atoms with Gasteiger partial charge in [-0.1, -0.05) is 88.5 Å². The van der Waals surface area contributed by atoms with Gasteiger partial charge < -0.3 is 5.11 Å². The lowest BCUT2D eigenvalue weighted by molar-refractivity contribution is 0.230. The van der Waals surface area contributed by atoms with Gasteiger partial charge in [0.15, 0.2) is 0 Å². The van der Waals surface area contributed by atoms with Gasteiger partial charge in [-0.05, 0) is 27.4 Å². The third-order valence-corrected chi connectivity index (χ3v) is 10.4. The zero-order valence-corrected chi connectivity index (χ0v) is 15.4. The summed E-state index contributed by atoms with van der Waals surface area (Å²) in [6, 6.07) is 15.4. The normalized spacial score (nSPS) is 14.6. The number of rotatable bonds is 4. The molecular weight excluding hydrogens is 284 g/mol. The van der Waals surface area contributed by atoms with E-state index >= 15 is 0 Å². The highest BCUT2D eigenvalue weighted by molar-refractivity contribution is 6.80. The zero-order valence-electron chi connectivity index (χ0n) is 14.4. The fourth-order valence-electron chi connectivity index (χ4n) is 2.41. The first kappa shape index (κ1) is 17.0. The maximum atomic E-state index is 10.5. The van der Waals surface area contributed by atoms with Gasteiger partial charge in [0, 0.05) is 0 Å². The molecule has 0 saturated carbocycles. The lowest BCUT2D eigenvalue weighted by Gasteiger charge is -2.36. The number of allylic oxidation sites excluding steroid dienone is 1. The third kappa shape index (κ3) is 3.68. The summed E-state index contributed by atoms with van der Waals surface area (Å²) in [5, 5.41) is 13.2. The Bertz CT molecular complexity index is 659. The lowest BCUT2D eigenvalue weighted by atomic mass is 10.0. The van der Waals surface area contributed by atoms with E-state index in [-0.39, 0.29) is 0 Å². The summed E-state index contributed by atoms with van der Waals surface area (Å²) in [6.07, 6.45) is 3.61. The first-order valence-electron chi connectivity index (χ1n) is 8.05. The minimum absolute atomic E-state index is 0.377. The Morgan fingerprint density at radius 1 is 1.05 bits per heavy atom. The van der Waals surface area contributed by atoms with Crippen molar-refractivity contribution in [2.24, 2.45) is 0 Å². The van der Waals surface area contributed by atoms with Crippen molar-refractivity contribution in [1.29, 1.82) is 0 Å². The van der Waals surface area contributed by atoms with Crippen molar-refractivity contribution in [1.82, 2.24) is 0 Å². The van der Waals surface area contributed by atoms with Crippen LogP contribution in [-0.2, 0) is 0 Å². The number of benzene rings is 2. The highest BCUT2D eigenvalue weighted by Gasteiger charge is 2.33. The quantitative estimate of drug-likeness (QED) is 0.547. The molecule has 2 aromatic carbocycles. The largest absolute Gasteiger partial charge is 0.384 e. The Labute approximate surface area is 135 Å². The molecule has 0 heterocycles. The summed E-state index contributed by atoms with van der Waals surface area (Å²) in [4.78, 5) is 0. The molecule has 118 valence electrons. The van der Waals surface area contributed by atoms with E-state index in [0.717, 1.165) is 17.0 Å². The van der Waals surface area contributed by atoms with E-state index in [2.05, 4.69) is 58.1 Å². The van der Waals surface area contributed by atoms with Crippen molar-refractivity contribution in [2.45, 2.75) is 51.1 Å². The number of fused-ring (bicyclic) bond motifs is 1. The summed E-state index contributed by atoms with van der Waals surface area (Å²) >= 11 is 0. The first-order chi connectivity index (χ1) is 10.2. The average molecular weight is 313 g/mol. The van der Waals surface area contributed by atoms with Crippen LogP contribution < -0.4 is 0 Å². The minimum Gasteiger partial charge on any atom is -0.384 e. The Morgan fingerprint density at radius 3 is 2.36 bits per heavy atom. The van der Waals surface area contributed by atoms with Crippen molar-refractivity contribution in [3.8, 4) is 0 Å². The number of aliphatic hydroxyl groups excluding tert-OH is 1. The van der Waals surface area contributed by atoms with Gasteiger partial charge in [-0.2, -0.15) is 0 Å². The van der Waals surface area contributed by atoms with Crippen LogP contribution in [0.3, 0.4) is 0 Å². The van der Waals surface area contributed by atoms with Crippen LogP contribution in [-0.4, -0.2) is 13.2 Å². The summed E-state index contributed by atoms with van der Waals surface area (Å²) in [6.45, 7) is 11.8. The standard InChI is InChI=1S/C20H28OSi/c1-20(2,3)22(4,5)15-9-14-19(21)18-13-8-11-16-10-6-7-12-17(16)18/h6-14,19,21H,15H2,1-5H3/b14-9-. The maximum Gasteiger partial charge on any atom is 0.0977 e. The number of hydrogen-bond donors (Lipinski definition) is 1. The van der Waals surface area contributed by atoms with Crippen LogP contribution in [0, 0.1) is 0 Å². The molecule has 0 spiro atoms. The minimum atomic E-state index is -1.32. The third-order valence-electron chi connectivity index (χ3n) is 5.12. The molecule has 1 unspecified atom stereocenters. The fraction of sp³-hybridized carbons (Fsp3) is 0.400. The monoisotopic (exact) mass is 312 g/mol. The van der Waals surface area contributed by atoms with Crippen LogP contribution >= 0.6 is 0 Å². The summed E-state index contributed by atoms with van der Waals surface area (Å²) in [7, 11) is -1.32. The average Bonchev–Trinajstić information content (AvgIpc) is 2.45. The second kappa shape index (κ2) is 6.39. The van der Waals surface area contributed by atoms with Crippen LogP contribution in [0.15, 0.2) is 54.6 Å². The molecule has 1 N–H and O–H groups in total. The van der Waals surface area contributed by atoms with Crippen molar-refractivity contribution in [3.05, 3.63) is 60.2 Å². The van der Waals surface area contributed by atoms with Gasteiger partial charge >= 0.3 is 0 Å². The van der Waals surface area contributed by atoms with Crippen molar-refractivity contribution in [2.75, 3.05) is 0 Å². The second-order valence-electron chi connectivity index (χ2n) is 7.78. The molecular formula is C20H28OSi.